The lowest BCUT2D eigenvalue weighted by Gasteiger charge is -2.09. The predicted molar refractivity (Wildman–Crippen MR) is 108 cm³/mol. The number of nitrogens with zero attached hydrogens (tertiary/aromatic N) is 3. The van der Waals surface area contributed by atoms with Gasteiger partial charge in [-0.15, -0.1) is 0 Å². The average Bonchev–Trinajstić information content (AvgIpc) is 3.00. The van der Waals surface area contributed by atoms with Gasteiger partial charge in [-0.3, -0.25) is 10.1 Å². The van der Waals surface area contributed by atoms with Crippen molar-refractivity contribution >= 4 is 38.4 Å². The molecule has 0 N–H and O–H groups in total. The number of benzene rings is 3. The second-order valence-electron chi connectivity index (χ2n) is 6.59. The molecule has 5 aromatic rings. The van der Waals surface area contributed by atoms with Crippen molar-refractivity contribution in [2.45, 2.75) is 0 Å². The van der Waals surface area contributed by atoms with Gasteiger partial charge in [0.15, 0.2) is 0 Å². The molecule has 0 radical (unpaired) electrons. The Labute approximate surface area is 154 Å². The van der Waals surface area contributed by atoms with Crippen molar-refractivity contribution < 1.29 is 4.92 Å². The number of rotatable bonds is 2. The summed E-state index contributed by atoms with van der Waals surface area (Å²) < 4.78 is 2.08. The Hall–Kier alpha value is -3.73. The van der Waals surface area contributed by atoms with Crippen molar-refractivity contribution in [2.24, 2.45) is 7.05 Å². The molecule has 130 valence electrons. The fourth-order valence-corrected chi connectivity index (χ4v) is 3.82. The smallest absolute Gasteiger partial charge is 0.270 e. The van der Waals surface area contributed by atoms with E-state index >= 15 is 0 Å². The van der Waals surface area contributed by atoms with Gasteiger partial charge in [-0.1, -0.05) is 48.5 Å². The minimum Gasteiger partial charge on any atom is -0.328 e. The molecule has 0 saturated carbocycles. The van der Waals surface area contributed by atoms with Crippen LogP contribution in [-0.4, -0.2) is 14.5 Å². The fraction of sp³-hybridized carbons (Fsp3) is 0.0455. The third-order valence-corrected chi connectivity index (χ3v) is 5.08. The molecule has 0 bridgehead atoms. The molecule has 2 heterocycles. The zero-order chi connectivity index (χ0) is 18.5. The first kappa shape index (κ1) is 15.5. The molecule has 2 aromatic heterocycles. The minimum absolute atomic E-state index is 0.0704. The maximum Gasteiger partial charge on any atom is 0.270 e. The number of nitro groups is 1. The van der Waals surface area contributed by atoms with Crippen LogP contribution >= 0.6 is 0 Å². The molecule has 5 rings (SSSR count). The first-order valence-corrected chi connectivity index (χ1v) is 8.66. The summed E-state index contributed by atoms with van der Waals surface area (Å²) in [7, 11) is 2.00. The number of nitro benzene ring substituents is 1. The molecule has 0 fully saturated rings. The van der Waals surface area contributed by atoms with Crippen LogP contribution in [0.1, 0.15) is 0 Å². The summed E-state index contributed by atoms with van der Waals surface area (Å²) in [5.41, 5.74) is 3.73. The van der Waals surface area contributed by atoms with Crippen molar-refractivity contribution in [3.63, 3.8) is 0 Å². The van der Waals surface area contributed by atoms with Crippen LogP contribution in [0.2, 0.25) is 0 Å². The number of pyridine rings is 1. The van der Waals surface area contributed by atoms with E-state index in [1.165, 1.54) is 0 Å². The Kier molecular flexibility index (Phi) is 3.24. The summed E-state index contributed by atoms with van der Waals surface area (Å²) in [5.74, 6) is 0. The molecule has 0 aliphatic heterocycles. The molecule has 0 saturated heterocycles. The molecule has 0 atom stereocenters. The van der Waals surface area contributed by atoms with Crippen molar-refractivity contribution in [1.82, 2.24) is 9.55 Å². The van der Waals surface area contributed by atoms with Crippen molar-refractivity contribution in [2.75, 3.05) is 0 Å². The second-order valence-corrected chi connectivity index (χ2v) is 6.59. The molecular weight excluding hydrogens is 338 g/mol. The number of aromatic nitrogens is 2. The normalized spacial score (nSPS) is 11.4. The van der Waals surface area contributed by atoms with E-state index in [2.05, 4.69) is 16.7 Å². The van der Waals surface area contributed by atoms with Crippen molar-refractivity contribution in [3.05, 3.63) is 82.9 Å². The van der Waals surface area contributed by atoms with E-state index in [-0.39, 0.29) is 10.6 Å². The summed E-state index contributed by atoms with van der Waals surface area (Å²) in [5, 5.41) is 15.2. The van der Waals surface area contributed by atoms with Crippen LogP contribution in [0.4, 0.5) is 5.69 Å². The van der Waals surface area contributed by atoms with Crippen LogP contribution in [-0.2, 0) is 7.05 Å². The van der Waals surface area contributed by atoms with Gasteiger partial charge in [-0.25, -0.2) is 4.98 Å². The van der Waals surface area contributed by atoms with Gasteiger partial charge in [0, 0.05) is 40.9 Å². The van der Waals surface area contributed by atoms with Crippen LogP contribution in [0, 0.1) is 10.1 Å². The van der Waals surface area contributed by atoms with Crippen LogP contribution < -0.4 is 0 Å². The number of non-ortho nitro benzene ring substituents is 1. The topological polar surface area (TPSA) is 61.0 Å². The van der Waals surface area contributed by atoms with Gasteiger partial charge in [0.05, 0.1) is 16.1 Å². The minimum atomic E-state index is -0.360. The van der Waals surface area contributed by atoms with Gasteiger partial charge in [-0.05, 0) is 17.5 Å². The van der Waals surface area contributed by atoms with E-state index in [0.29, 0.717) is 0 Å². The summed E-state index contributed by atoms with van der Waals surface area (Å²) in [6, 6.07) is 23.0. The largest absolute Gasteiger partial charge is 0.328 e. The Bertz CT molecular complexity index is 1350. The summed E-state index contributed by atoms with van der Waals surface area (Å²) in [6.45, 7) is 0. The van der Waals surface area contributed by atoms with Gasteiger partial charge >= 0.3 is 0 Å². The van der Waals surface area contributed by atoms with E-state index in [4.69, 9.17) is 4.98 Å². The number of fused-ring (bicyclic) bond motifs is 5. The van der Waals surface area contributed by atoms with Crippen LogP contribution in [0.5, 0.6) is 0 Å². The average molecular weight is 353 g/mol. The highest BCUT2D eigenvalue weighted by atomic mass is 16.6. The molecule has 0 amide bonds. The van der Waals surface area contributed by atoms with Gasteiger partial charge in [-0.2, -0.15) is 0 Å². The standard InChI is InChI=1S/C22H15N3O2/c1-24-19-10-6-5-9-17(19)20-16-12-11-15(25(26)27)13-18(16)21(23-22(20)24)14-7-3-2-4-8-14/h2-13H,1H3. The molecule has 0 spiro atoms. The lowest BCUT2D eigenvalue weighted by atomic mass is 10.00. The number of hydrogen-bond acceptors (Lipinski definition) is 3. The van der Waals surface area contributed by atoms with E-state index in [1.807, 2.05) is 55.6 Å². The summed E-state index contributed by atoms with van der Waals surface area (Å²) in [4.78, 5) is 15.9. The molecule has 0 aliphatic carbocycles. The Morgan fingerprint density at radius 3 is 2.41 bits per heavy atom. The summed E-state index contributed by atoms with van der Waals surface area (Å²) in [6.07, 6.45) is 0. The van der Waals surface area contributed by atoms with Crippen LogP contribution in [0.25, 0.3) is 44.0 Å². The van der Waals surface area contributed by atoms with Gasteiger partial charge < -0.3 is 4.57 Å². The number of hydrogen-bond donors (Lipinski definition) is 0. The fourth-order valence-electron chi connectivity index (χ4n) is 3.82. The van der Waals surface area contributed by atoms with Crippen LogP contribution in [0.15, 0.2) is 72.8 Å². The number of aryl methyl sites for hydroxylation is 1. The molecular formula is C22H15N3O2. The first-order valence-electron chi connectivity index (χ1n) is 8.66. The maximum absolute atomic E-state index is 11.4. The Morgan fingerprint density at radius 2 is 1.63 bits per heavy atom. The van der Waals surface area contributed by atoms with Gasteiger partial charge in [0.2, 0.25) is 0 Å². The monoisotopic (exact) mass is 353 g/mol. The first-order chi connectivity index (χ1) is 13.1. The van der Waals surface area contributed by atoms with Gasteiger partial charge in [0.1, 0.15) is 5.65 Å². The molecule has 0 unspecified atom stereocenters. The van der Waals surface area contributed by atoms with Crippen molar-refractivity contribution in [1.29, 1.82) is 0 Å². The zero-order valence-corrected chi connectivity index (χ0v) is 14.6. The highest BCUT2D eigenvalue weighted by Crippen LogP contribution is 2.38. The second kappa shape index (κ2) is 5.64. The van der Waals surface area contributed by atoms with E-state index < -0.39 is 0 Å². The van der Waals surface area contributed by atoms with E-state index in [0.717, 1.165) is 44.0 Å². The quantitative estimate of drug-likeness (QED) is 0.313. The van der Waals surface area contributed by atoms with E-state index in [1.54, 1.807) is 12.1 Å². The van der Waals surface area contributed by atoms with E-state index in [9.17, 15) is 10.1 Å². The predicted octanol–water partition coefficient (Wildman–Crippen LogP) is 5.45. The third kappa shape index (κ3) is 2.22. The third-order valence-electron chi connectivity index (χ3n) is 5.08. The lowest BCUT2D eigenvalue weighted by Crippen LogP contribution is -1.95. The van der Waals surface area contributed by atoms with Crippen LogP contribution in [0.3, 0.4) is 0 Å². The highest BCUT2D eigenvalue weighted by Gasteiger charge is 2.18. The molecule has 27 heavy (non-hydrogen) atoms. The lowest BCUT2D eigenvalue weighted by molar-refractivity contribution is -0.384. The Morgan fingerprint density at radius 1 is 0.889 bits per heavy atom. The SMILES string of the molecule is Cn1c2ccccc2c2c3ccc([N+](=O)[O-])cc3c(-c3ccccc3)nc21. The summed E-state index contributed by atoms with van der Waals surface area (Å²) >= 11 is 0. The Balaban J connectivity index is 2.03. The highest BCUT2D eigenvalue weighted by molar-refractivity contribution is 6.21. The molecule has 3 aromatic carbocycles. The molecule has 5 heteroatoms. The van der Waals surface area contributed by atoms with Gasteiger partial charge in [0.25, 0.3) is 5.69 Å². The zero-order valence-electron chi connectivity index (χ0n) is 14.6. The molecule has 5 nitrogen and oxygen atoms in total. The molecule has 0 aliphatic rings. The van der Waals surface area contributed by atoms with Crippen molar-refractivity contribution in [3.8, 4) is 11.3 Å². The maximum atomic E-state index is 11.4. The number of para-hydroxylation sites is 1.